The first kappa shape index (κ1) is 15.0. The third kappa shape index (κ3) is 4.28. The molecule has 0 aliphatic heterocycles. The van der Waals surface area contributed by atoms with Gasteiger partial charge in [0, 0.05) is 5.56 Å². The number of aryl methyl sites for hydroxylation is 2. The van der Waals surface area contributed by atoms with E-state index in [9.17, 15) is 13.2 Å². The molecule has 0 radical (unpaired) electrons. The van der Waals surface area contributed by atoms with E-state index in [0.29, 0.717) is 0 Å². The molecule has 0 unspecified atom stereocenters. The summed E-state index contributed by atoms with van der Waals surface area (Å²) in [6.07, 6.45) is -4.73. The molecule has 108 valence electrons. The van der Waals surface area contributed by atoms with Gasteiger partial charge >= 0.3 is 6.36 Å². The average Bonchev–Trinajstić information content (AvgIpc) is 2.39. The predicted molar refractivity (Wildman–Crippen MR) is 75.0 cm³/mol. The highest BCUT2D eigenvalue weighted by molar-refractivity contribution is 5.51. The molecule has 2 aromatic rings. The van der Waals surface area contributed by atoms with Crippen LogP contribution in [0.3, 0.4) is 0 Å². The van der Waals surface area contributed by atoms with Crippen molar-refractivity contribution in [2.45, 2.75) is 20.2 Å². The molecule has 0 bridgehead atoms. The van der Waals surface area contributed by atoms with Crippen LogP contribution in [0.5, 0.6) is 5.75 Å². The Balaban J connectivity index is 2.37. The zero-order chi connectivity index (χ0) is 15.5. The number of benzene rings is 2. The van der Waals surface area contributed by atoms with Gasteiger partial charge in [-0.05, 0) is 43.2 Å². The van der Waals surface area contributed by atoms with Crippen LogP contribution in [0.15, 0.2) is 42.5 Å². The van der Waals surface area contributed by atoms with Crippen molar-refractivity contribution in [3.8, 4) is 17.6 Å². The lowest BCUT2D eigenvalue weighted by atomic mass is 10.1. The number of alkyl halides is 3. The minimum absolute atomic E-state index is 0.204. The summed E-state index contributed by atoms with van der Waals surface area (Å²) in [6.45, 7) is 3.84. The SMILES string of the molecule is Cc1ccc(C)c(C#Cc2ccccc2OC(F)(F)F)c1. The Hall–Kier alpha value is -2.41. The predicted octanol–water partition coefficient (Wildman–Crippen LogP) is 4.60. The van der Waals surface area contributed by atoms with Crippen molar-refractivity contribution in [1.82, 2.24) is 0 Å². The number of hydrogen-bond acceptors (Lipinski definition) is 1. The average molecular weight is 290 g/mol. The lowest BCUT2D eigenvalue weighted by Gasteiger charge is -2.10. The molecule has 0 saturated carbocycles. The van der Waals surface area contributed by atoms with Crippen LogP contribution < -0.4 is 4.74 Å². The fraction of sp³-hybridized carbons (Fsp3) is 0.176. The lowest BCUT2D eigenvalue weighted by molar-refractivity contribution is -0.274. The Labute approximate surface area is 121 Å². The van der Waals surface area contributed by atoms with Crippen molar-refractivity contribution in [3.05, 3.63) is 64.7 Å². The molecule has 0 saturated heterocycles. The van der Waals surface area contributed by atoms with Gasteiger partial charge in [-0.1, -0.05) is 36.1 Å². The van der Waals surface area contributed by atoms with E-state index < -0.39 is 6.36 Å². The minimum Gasteiger partial charge on any atom is -0.404 e. The van der Waals surface area contributed by atoms with Gasteiger partial charge in [-0.3, -0.25) is 0 Å². The maximum atomic E-state index is 12.3. The zero-order valence-corrected chi connectivity index (χ0v) is 11.6. The van der Waals surface area contributed by atoms with Crippen molar-refractivity contribution >= 4 is 0 Å². The molecule has 0 amide bonds. The maximum absolute atomic E-state index is 12.3. The van der Waals surface area contributed by atoms with Crippen molar-refractivity contribution in [2.24, 2.45) is 0 Å². The molecule has 0 fully saturated rings. The van der Waals surface area contributed by atoms with Gasteiger partial charge in [0.15, 0.2) is 0 Å². The van der Waals surface area contributed by atoms with E-state index in [0.717, 1.165) is 16.7 Å². The van der Waals surface area contributed by atoms with E-state index in [2.05, 4.69) is 16.6 Å². The molecule has 1 nitrogen and oxygen atoms in total. The monoisotopic (exact) mass is 290 g/mol. The molecular weight excluding hydrogens is 277 g/mol. The van der Waals surface area contributed by atoms with E-state index in [-0.39, 0.29) is 11.3 Å². The standard InChI is InChI=1S/C17H13F3O/c1-12-7-8-13(2)15(11-12)10-9-14-5-3-4-6-16(14)21-17(18,19)20/h3-8,11H,1-2H3. The fourth-order valence-corrected chi connectivity index (χ4v) is 1.79. The smallest absolute Gasteiger partial charge is 0.404 e. The Morgan fingerprint density at radius 3 is 2.29 bits per heavy atom. The van der Waals surface area contributed by atoms with Gasteiger partial charge in [0.2, 0.25) is 0 Å². The quantitative estimate of drug-likeness (QED) is 0.697. The number of halogens is 3. The van der Waals surface area contributed by atoms with Gasteiger partial charge in [0.05, 0.1) is 5.56 Å². The zero-order valence-electron chi connectivity index (χ0n) is 11.6. The van der Waals surface area contributed by atoms with Crippen LogP contribution in [0.25, 0.3) is 0 Å². The number of hydrogen-bond donors (Lipinski definition) is 0. The number of ether oxygens (including phenoxy) is 1. The molecule has 4 heteroatoms. The molecule has 0 heterocycles. The maximum Gasteiger partial charge on any atom is 0.573 e. The second-order valence-corrected chi connectivity index (χ2v) is 4.61. The molecule has 0 aliphatic rings. The molecule has 0 spiro atoms. The highest BCUT2D eigenvalue weighted by Crippen LogP contribution is 2.25. The van der Waals surface area contributed by atoms with E-state index in [4.69, 9.17) is 0 Å². The molecule has 2 rings (SSSR count). The molecular formula is C17H13F3O. The molecule has 0 atom stereocenters. The topological polar surface area (TPSA) is 9.23 Å². The summed E-state index contributed by atoms with van der Waals surface area (Å²) < 4.78 is 41.0. The van der Waals surface area contributed by atoms with Crippen molar-refractivity contribution in [2.75, 3.05) is 0 Å². The first-order valence-corrected chi connectivity index (χ1v) is 6.29. The second kappa shape index (κ2) is 5.92. The van der Waals surface area contributed by atoms with Gasteiger partial charge < -0.3 is 4.74 Å². The van der Waals surface area contributed by atoms with Gasteiger partial charge in [-0.25, -0.2) is 0 Å². The summed E-state index contributed by atoms with van der Waals surface area (Å²) in [4.78, 5) is 0. The van der Waals surface area contributed by atoms with E-state index >= 15 is 0 Å². The molecule has 2 aromatic carbocycles. The van der Waals surface area contributed by atoms with E-state index in [1.807, 2.05) is 32.0 Å². The van der Waals surface area contributed by atoms with Crippen molar-refractivity contribution in [3.63, 3.8) is 0 Å². The summed E-state index contributed by atoms with van der Waals surface area (Å²) in [5.74, 6) is 5.35. The van der Waals surface area contributed by atoms with E-state index in [1.54, 1.807) is 6.07 Å². The van der Waals surface area contributed by atoms with Crippen LogP contribution in [0.1, 0.15) is 22.3 Å². The van der Waals surface area contributed by atoms with E-state index in [1.165, 1.54) is 18.2 Å². The molecule has 21 heavy (non-hydrogen) atoms. The summed E-state index contributed by atoms with van der Waals surface area (Å²) in [6, 6.07) is 11.6. The van der Waals surface area contributed by atoms with Crippen molar-refractivity contribution in [1.29, 1.82) is 0 Å². The highest BCUT2D eigenvalue weighted by Gasteiger charge is 2.31. The molecule has 0 aromatic heterocycles. The minimum atomic E-state index is -4.73. The van der Waals surface area contributed by atoms with Crippen LogP contribution in [0.2, 0.25) is 0 Å². The largest absolute Gasteiger partial charge is 0.573 e. The highest BCUT2D eigenvalue weighted by atomic mass is 19.4. The Morgan fingerprint density at radius 2 is 1.57 bits per heavy atom. The summed E-state index contributed by atoms with van der Waals surface area (Å²) in [7, 11) is 0. The normalized spacial score (nSPS) is 10.7. The van der Waals surface area contributed by atoms with Crippen LogP contribution in [0, 0.1) is 25.7 Å². The van der Waals surface area contributed by atoms with Crippen molar-refractivity contribution < 1.29 is 17.9 Å². The Bertz CT molecular complexity index is 706. The van der Waals surface area contributed by atoms with Crippen LogP contribution >= 0.6 is 0 Å². The summed E-state index contributed by atoms with van der Waals surface area (Å²) in [5, 5.41) is 0. The number of para-hydroxylation sites is 1. The van der Waals surface area contributed by atoms with Gasteiger partial charge in [-0.15, -0.1) is 13.2 Å². The summed E-state index contributed by atoms with van der Waals surface area (Å²) >= 11 is 0. The third-order valence-electron chi connectivity index (χ3n) is 2.84. The lowest BCUT2D eigenvalue weighted by Crippen LogP contribution is -2.17. The molecule has 0 N–H and O–H groups in total. The summed E-state index contributed by atoms with van der Waals surface area (Å²) in [5.41, 5.74) is 3.01. The van der Waals surface area contributed by atoms with Crippen LogP contribution in [-0.2, 0) is 0 Å². The molecule has 0 aliphatic carbocycles. The van der Waals surface area contributed by atoms with Crippen LogP contribution in [0.4, 0.5) is 13.2 Å². The first-order chi connectivity index (χ1) is 9.85. The second-order valence-electron chi connectivity index (χ2n) is 4.61. The third-order valence-corrected chi connectivity index (χ3v) is 2.84. The fourth-order valence-electron chi connectivity index (χ4n) is 1.79. The first-order valence-electron chi connectivity index (χ1n) is 6.29. The van der Waals surface area contributed by atoms with Gasteiger partial charge in [-0.2, -0.15) is 0 Å². The Kier molecular flexibility index (Phi) is 4.23. The Morgan fingerprint density at radius 1 is 0.905 bits per heavy atom. The van der Waals surface area contributed by atoms with Crippen LogP contribution in [-0.4, -0.2) is 6.36 Å². The number of rotatable bonds is 1. The van der Waals surface area contributed by atoms with Gasteiger partial charge in [0.1, 0.15) is 5.75 Å². The van der Waals surface area contributed by atoms with Gasteiger partial charge in [0.25, 0.3) is 0 Å².